The highest BCUT2D eigenvalue weighted by Crippen LogP contribution is 2.13. The van der Waals surface area contributed by atoms with Gasteiger partial charge in [-0.2, -0.15) is 0 Å². The van der Waals surface area contributed by atoms with Crippen LogP contribution in [0.15, 0.2) is 24.3 Å². The Morgan fingerprint density at radius 3 is 2.59 bits per heavy atom. The summed E-state index contributed by atoms with van der Waals surface area (Å²) in [6.45, 7) is 4.62. The number of methoxy groups -OCH3 is 1. The van der Waals surface area contributed by atoms with Crippen LogP contribution in [0.3, 0.4) is 0 Å². The first-order valence-electron chi connectivity index (χ1n) is 5.47. The Bertz CT molecular complexity index is 513. The standard InChI is InChI=1S/C12H16N4O/c1-12(2,8-17-3)14-11-13-9-6-4-5-7-10(9)15-16-11/h4-7H,8H2,1-3H3,(H,13,14,16). The molecule has 1 aromatic heterocycles. The number of hydrogen-bond acceptors (Lipinski definition) is 5. The molecule has 0 saturated heterocycles. The Morgan fingerprint density at radius 1 is 1.18 bits per heavy atom. The van der Waals surface area contributed by atoms with Crippen LogP contribution in [0.4, 0.5) is 5.95 Å². The fourth-order valence-electron chi connectivity index (χ4n) is 1.63. The molecule has 0 fully saturated rings. The quantitative estimate of drug-likeness (QED) is 0.871. The molecule has 5 heteroatoms. The minimum Gasteiger partial charge on any atom is -0.382 e. The average molecular weight is 232 g/mol. The van der Waals surface area contributed by atoms with Gasteiger partial charge in [0.05, 0.1) is 17.7 Å². The molecule has 1 aromatic carbocycles. The van der Waals surface area contributed by atoms with E-state index in [1.54, 1.807) is 7.11 Å². The molecule has 0 amide bonds. The molecule has 5 nitrogen and oxygen atoms in total. The highest BCUT2D eigenvalue weighted by Gasteiger charge is 2.18. The predicted octanol–water partition coefficient (Wildman–Crippen LogP) is 1.86. The van der Waals surface area contributed by atoms with Crippen molar-refractivity contribution >= 4 is 17.0 Å². The van der Waals surface area contributed by atoms with E-state index in [0.29, 0.717) is 12.6 Å². The van der Waals surface area contributed by atoms with Crippen LogP contribution < -0.4 is 5.32 Å². The summed E-state index contributed by atoms with van der Waals surface area (Å²) in [7, 11) is 1.67. The van der Waals surface area contributed by atoms with E-state index in [-0.39, 0.29) is 5.54 Å². The van der Waals surface area contributed by atoms with Gasteiger partial charge in [0.1, 0.15) is 5.52 Å². The van der Waals surface area contributed by atoms with Crippen molar-refractivity contribution in [2.45, 2.75) is 19.4 Å². The van der Waals surface area contributed by atoms with Gasteiger partial charge in [-0.15, -0.1) is 10.2 Å². The summed E-state index contributed by atoms with van der Waals surface area (Å²) in [4.78, 5) is 4.40. The Labute approximate surface area is 100 Å². The topological polar surface area (TPSA) is 59.9 Å². The van der Waals surface area contributed by atoms with Crippen molar-refractivity contribution in [2.75, 3.05) is 19.0 Å². The predicted molar refractivity (Wildman–Crippen MR) is 66.9 cm³/mol. The highest BCUT2D eigenvalue weighted by atomic mass is 16.5. The fourth-order valence-corrected chi connectivity index (χ4v) is 1.63. The third-order valence-electron chi connectivity index (χ3n) is 2.32. The van der Waals surface area contributed by atoms with Crippen molar-refractivity contribution in [1.82, 2.24) is 15.2 Å². The first-order valence-corrected chi connectivity index (χ1v) is 5.47. The normalized spacial score (nSPS) is 11.7. The molecular formula is C12H16N4O. The third kappa shape index (κ3) is 2.88. The third-order valence-corrected chi connectivity index (χ3v) is 2.32. The van der Waals surface area contributed by atoms with Gasteiger partial charge in [0.25, 0.3) is 0 Å². The Morgan fingerprint density at radius 2 is 1.88 bits per heavy atom. The second kappa shape index (κ2) is 4.63. The van der Waals surface area contributed by atoms with Crippen molar-refractivity contribution < 1.29 is 4.74 Å². The van der Waals surface area contributed by atoms with Crippen LogP contribution in [-0.4, -0.2) is 34.4 Å². The van der Waals surface area contributed by atoms with Crippen molar-refractivity contribution in [3.63, 3.8) is 0 Å². The summed E-state index contributed by atoms with van der Waals surface area (Å²) < 4.78 is 5.13. The molecule has 0 atom stereocenters. The zero-order valence-electron chi connectivity index (χ0n) is 10.3. The molecule has 0 spiro atoms. The second-order valence-corrected chi connectivity index (χ2v) is 4.57. The lowest BCUT2D eigenvalue weighted by Gasteiger charge is -2.24. The van der Waals surface area contributed by atoms with E-state index < -0.39 is 0 Å². The maximum Gasteiger partial charge on any atom is 0.243 e. The monoisotopic (exact) mass is 232 g/mol. The van der Waals surface area contributed by atoms with Crippen molar-refractivity contribution in [2.24, 2.45) is 0 Å². The lowest BCUT2D eigenvalue weighted by atomic mass is 10.1. The second-order valence-electron chi connectivity index (χ2n) is 4.57. The van der Waals surface area contributed by atoms with Crippen molar-refractivity contribution in [1.29, 1.82) is 0 Å². The van der Waals surface area contributed by atoms with Gasteiger partial charge in [0, 0.05) is 7.11 Å². The molecule has 0 aliphatic rings. The number of nitrogens with zero attached hydrogens (tertiary/aromatic N) is 3. The summed E-state index contributed by atoms with van der Waals surface area (Å²) in [5.41, 5.74) is 1.40. The maximum atomic E-state index is 5.13. The van der Waals surface area contributed by atoms with Crippen LogP contribution in [0, 0.1) is 0 Å². The van der Waals surface area contributed by atoms with E-state index in [1.165, 1.54) is 0 Å². The minimum absolute atomic E-state index is 0.223. The van der Waals surface area contributed by atoms with Crippen molar-refractivity contribution in [3.05, 3.63) is 24.3 Å². The summed E-state index contributed by atoms with van der Waals surface area (Å²) in [5.74, 6) is 0.519. The first kappa shape index (κ1) is 11.7. The molecule has 1 heterocycles. The number of para-hydroxylation sites is 1. The molecule has 2 rings (SSSR count). The smallest absolute Gasteiger partial charge is 0.243 e. The van der Waals surface area contributed by atoms with Gasteiger partial charge in [0.2, 0.25) is 5.95 Å². The molecule has 1 N–H and O–H groups in total. The van der Waals surface area contributed by atoms with Gasteiger partial charge in [-0.05, 0) is 26.0 Å². The molecule has 90 valence electrons. The lowest BCUT2D eigenvalue weighted by molar-refractivity contribution is 0.157. The summed E-state index contributed by atoms with van der Waals surface area (Å²) in [6, 6.07) is 7.65. The Hall–Kier alpha value is -1.75. The molecule has 0 aliphatic heterocycles. The van der Waals surface area contributed by atoms with E-state index in [2.05, 4.69) is 20.5 Å². The van der Waals surface area contributed by atoms with Crippen LogP contribution >= 0.6 is 0 Å². The zero-order valence-corrected chi connectivity index (χ0v) is 10.3. The van der Waals surface area contributed by atoms with Gasteiger partial charge >= 0.3 is 0 Å². The van der Waals surface area contributed by atoms with Crippen LogP contribution in [0.25, 0.3) is 11.0 Å². The van der Waals surface area contributed by atoms with E-state index >= 15 is 0 Å². The van der Waals surface area contributed by atoms with E-state index in [0.717, 1.165) is 11.0 Å². The number of anilines is 1. The molecule has 0 aliphatic carbocycles. The number of rotatable bonds is 4. The number of nitrogens with one attached hydrogen (secondary N) is 1. The van der Waals surface area contributed by atoms with Gasteiger partial charge in [-0.3, -0.25) is 0 Å². The number of fused-ring (bicyclic) bond motifs is 1. The largest absolute Gasteiger partial charge is 0.382 e. The van der Waals surface area contributed by atoms with Gasteiger partial charge in [-0.25, -0.2) is 4.98 Å². The zero-order chi connectivity index (χ0) is 12.3. The molecule has 2 aromatic rings. The number of hydrogen-bond donors (Lipinski definition) is 1. The maximum absolute atomic E-state index is 5.13. The molecular weight excluding hydrogens is 216 g/mol. The van der Waals surface area contributed by atoms with Crippen molar-refractivity contribution in [3.8, 4) is 0 Å². The average Bonchev–Trinajstić information content (AvgIpc) is 2.28. The molecule has 0 unspecified atom stereocenters. The summed E-state index contributed by atoms with van der Waals surface area (Å²) in [6.07, 6.45) is 0. The number of benzene rings is 1. The van der Waals surface area contributed by atoms with E-state index in [1.807, 2.05) is 38.1 Å². The van der Waals surface area contributed by atoms with Crippen LogP contribution in [0.1, 0.15) is 13.8 Å². The van der Waals surface area contributed by atoms with Gasteiger partial charge in [-0.1, -0.05) is 12.1 Å². The van der Waals surface area contributed by atoms with Crippen LogP contribution in [0.5, 0.6) is 0 Å². The van der Waals surface area contributed by atoms with E-state index in [4.69, 9.17) is 4.74 Å². The fraction of sp³-hybridized carbons (Fsp3) is 0.417. The summed E-state index contributed by atoms with van der Waals surface area (Å²) in [5, 5.41) is 11.4. The molecule has 0 saturated carbocycles. The number of aromatic nitrogens is 3. The SMILES string of the molecule is COCC(C)(C)Nc1nnc2ccccc2n1. The molecule has 17 heavy (non-hydrogen) atoms. The highest BCUT2D eigenvalue weighted by molar-refractivity contribution is 5.74. The van der Waals surface area contributed by atoms with Crippen LogP contribution in [0.2, 0.25) is 0 Å². The van der Waals surface area contributed by atoms with Crippen LogP contribution in [-0.2, 0) is 4.74 Å². The minimum atomic E-state index is -0.223. The molecule has 0 bridgehead atoms. The van der Waals surface area contributed by atoms with Gasteiger partial charge < -0.3 is 10.1 Å². The lowest BCUT2D eigenvalue weighted by Crippen LogP contribution is -2.36. The molecule has 0 radical (unpaired) electrons. The number of ether oxygens (including phenoxy) is 1. The van der Waals surface area contributed by atoms with E-state index in [9.17, 15) is 0 Å². The summed E-state index contributed by atoms with van der Waals surface area (Å²) >= 11 is 0. The van der Waals surface area contributed by atoms with Gasteiger partial charge in [0.15, 0.2) is 0 Å². The first-order chi connectivity index (χ1) is 8.11. The Balaban J connectivity index is 2.25. The Kier molecular flexibility index (Phi) is 3.19.